The van der Waals surface area contributed by atoms with Crippen LogP contribution < -0.4 is 10.6 Å². The Morgan fingerprint density at radius 1 is 1.07 bits per heavy atom. The first-order valence-electron chi connectivity index (χ1n) is 12.2. The van der Waals surface area contributed by atoms with E-state index in [1.54, 1.807) is 6.07 Å². The maximum Gasteiger partial charge on any atom is 0.417 e. The van der Waals surface area contributed by atoms with Gasteiger partial charge in [-0.2, -0.15) is 17.5 Å². The van der Waals surface area contributed by atoms with Gasteiger partial charge in [0.05, 0.1) is 27.0 Å². The number of carbonyl (C=O) groups is 3. The molecule has 3 aromatic rings. The van der Waals surface area contributed by atoms with Gasteiger partial charge in [0, 0.05) is 24.1 Å². The van der Waals surface area contributed by atoms with Gasteiger partial charge in [0.2, 0.25) is 5.91 Å². The molecule has 228 valence electrons. The summed E-state index contributed by atoms with van der Waals surface area (Å²) in [6.45, 7) is 0. The van der Waals surface area contributed by atoms with Crippen molar-refractivity contribution >= 4 is 68.5 Å². The standard InChI is InChI=1S/C26H21Cl2F3N4O6S2/c27-17-2-1-3-18(28)22(17)24(37)33-16-7-4-14(5-8-16)10-19(25(38)39)34-23(36)20-12-42-13-35(20)43(40,41)21-9-6-15(11-32-21)26(29,30)31/h1-9,11,19-20H,10,12-13H2,(H,33,37)(H,34,36)(H,38,39)/t19-,20+/m0/s1. The van der Waals surface area contributed by atoms with E-state index in [1.807, 2.05) is 0 Å². The Hall–Kier alpha value is -3.37. The van der Waals surface area contributed by atoms with Crippen molar-refractivity contribution in [3.8, 4) is 0 Å². The van der Waals surface area contributed by atoms with E-state index in [4.69, 9.17) is 23.2 Å². The summed E-state index contributed by atoms with van der Waals surface area (Å²) in [6, 6.07) is 9.19. The second-order valence-electron chi connectivity index (χ2n) is 9.14. The molecule has 1 fully saturated rings. The third-order valence-electron chi connectivity index (χ3n) is 6.24. The molecule has 0 spiro atoms. The number of alkyl halides is 3. The SMILES string of the molecule is O=C(Nc1ccc(C[C@H](NC(=O)[C@H]2CSCN2S(=O)(=O)c2ccc(C(F)(F)F)cn2)C(=O)O)cc1)c1c(Cl)cccc1Cl. The van der Waals surface area contributed by atoms with E-state index in [0.29, 0.717) is 29.6 Å². The largest absolute Gasteiger partial charge is 0.480 e. The van der Waals surface area contributed by atoms with Crippen LogP contribution >= 0.6 is 35.0 Å². The van der Waals surface area contributed by atoms with Crippen molar-refractivity contribution in [2.75, 3.05) is 16.9 Å². The number of amides is 2. The molecule has 43 heavy (non-hydrogen) atoms. The lowest BCUT2D eigenvalue weighted by atomic mass is 10.0. The fourth-order valence-electron chi connectivity index (χ4n) is 4.03. The maximum atomic E-state index is 13.1. The van der Waals surface area contributed by atoms with E-state index in [9.17, 15) is 41.1 Å². The van der Waals surface area contributed by atoms with Crippen LogP contribution in [-0.2, 0) is 32.2 Å². The number of aliphatic carboxylic acids is 1. The summed E-state index contributed by atoms with van der Waals surface area (Å²) in [5.41, 5.74) is -0.220. The van der Waals surface area contributed by atoms with Crippen LogP contribution in [-0.4, -0.2) is 64.3 Å². The molecule has 4 rings (SSSR count). The topological polar surface area (TPSA) is 146 Å². The summed E-state index contributed by atoms with van der Waals surface area (Å²) in [4.78, 5) is 41.0. The van der Waals surface area contributed by atoms with E-state index in [1.165, 1.54) is 36.4 Å². The Bertz CT molecular complexity index is 1620. The molecule has 1 aliphatic rings. The number of rotatable bonds is 9. The maximum absolute atomic E-state index is 13.1. The number of carboxylic acid groups (broad SMARTS) is 1. The smallest absolute Gasteiger partial charge is 0.417 e. The average Bonchev–Trinajstić information content (AvgIpc) is 3.44. The number of nitrogens with one attached hydrogen (secondary N) is 2. The fourth-order valence-corrected chi connectivity index (χ4v) is 7.66. The normalized spacial score (nSPS) is 16.4. The van der Waals surface area contributed by atoms with Crippen molar-refractivity contribution in [1.29, 1.82) is 0 Å². The van der Waals surface area contributed by atoms with Crippen molar-refractivity contribution in [3.63, 3.8) is 0 Å². The van der Waals surface area contributed by atoms with Crippen LogP contribution in [0.5, 0.6) is 0 Å². The first kappa shape index (κ1) is 32.5. The van der Waals surface area contributed by atoms with Gasteiger partial charge in [-0.3, -0.25) is 9.59 Å². The highest BCUT2D eigenvalue weighted by molar-refractivity contribution is 8.00. The molecule has 0 bridgehead atoms. The molecule has 1 saturated heterocycles. The Morgan fingerprint density at radius 3 is 2.28 bits per heavy atom. The van der Waals surface area contributed by atoms with Crippen LogP contribution in [0.3, 0.4) is 0 Å². The molecule has 2 aromatic carbocycles. The van der Waals surface area contributed by atoms with Gasteiger partial charge in [0.15, 0.2) is 5.03 Å². The molecule has 0 aliphatic carbocycles. The minimum absolute atomic E-state index is 0.0120. The molecule has 0 radical (unpaired) electrons. The summed E-state index contributed by atoms with van der Waals surface area (Å²) in [5.74, 6) is -3.04. The Kier molecular flexibility index (Phi) is 9.91. The third-order valence-corrected chi connectivity index (χ3v) is 9.81. The number of aromatic nitrogens is 1. The minimum atomic E-state index is -4.72. The van der Waals surface area contributed by atoms with Crippen molar-refractivity contribution in [1.82, 2.24) is 14.6 Å². The highest BCUT2D eigenvalue weighted by atomic mass is 35.5. The number of benzene rings is 2. The molecular weight excluding hydrogens is 656 g/mol. The van der Waals surface area contributed by atoms with Gasteiger partial charge in [-0.15, -0.1) is 11.8 Å². The predicted molar refractivity (Wildman–Crippen MR) is 154 cm³/mol. The van der Waals surface area contributed by atoms with Gasteiger partial charge in [0.1, 0.15) is 12.1 Å². The van der Waals surface area contributed by atoms with E-state index in [0.717, 1.165) is 16.1 Å². The summed E-state index contributed by atoms with van der Waals surface area (Å²) >= 11 is 13.2. The van der Waals surface area contributed by atoms with Gasteiger partial charge in [-0.05, 0) is 42.0 Å². The zero-order valence-corrected chi connectivity index (χ0v) is 24.8. The second kappa shape index (κ2) is 13.1. The first-order valence-corrected chi connectivity index (χ1v) is 15.5. The van der Waals surface area contributed by atoms with Crippen LogP contribution in [0.25, 0.3) is 0 Å². The fraction of sp³-hybridized carbons (Fsp3) is 0.231. The van der Waals surface area contributed by atoms with Gasteiger partial charge >= 0.3 is 12.1 Å². The quantitative estimate of drug-likeness (QED) is 0.300. The van der Waals surface area contributed by atoms with E-state index in [-0.39, 0.29) is 33.7 Å². The summed E-state index contributed by atoms with van der Waals surface area (Å²) in [6.07, 6.45) is -4.51. The monoisotopic (exact) mass is 676 g/mol. The molecule has 17 heteroatoms. The van der Waals surface area contributed by atoms with Gasteiger partial charge in [0.25, 0.3) is 15.9 Å². The lowest BCUT2D eigenvalue weighted by Crippen LogP contribution is -2.52. The molecule has 0 unspecified atom stereocenters. The number of carbonyl (C=O) groups excluding carboxylic acids is 2. The van der Waals surface area contributed by atoms with Crippen molar-refractivity contribution < 1.29 is 41.1 Å². The van der Waals surface area contributed by atoms with E-state index < -0.39 is 56.7 Å². The molecule has 2 atom stereocenters. The van der Waals surface area contributed by atoms with Gasteiger partial charge in [-0.1, -0.05) is 41.4 Å². The number of hydrogen-bond donors (Lipinski definition) is 3. The molecule has 0 saturated carbocycles. The Labute approximate surface area is 257 Å². The van der Waals surface area contributed by atoms with E-state index in [2.05, 4.69) is 15.6 Å². The molecule has 10 nitrogen and oxygen atoms in total. The minimum Gasteiger partial charge on any atom is -0.480 e. The van der Waals surface area contributed by atoms with Crippen LogP contribution in [0.4, 0.5) is 18.9 Å². The lowest BCUT2D eigenvalue weighted by molar-refractivity contribution is -0.142. The Balaban J connectivity index is 1.43. The van der Waals surface area contributed by atoms with E-state index >= 15 is 0 Å². The molecule has 3 N–H and O–H groups in total. The third kappa shape index (κ3) is 7.59. The molecular formula is C26H21Cl2F3N4O6S2. The van der Waals surface area contributed by atoms with Crippen LogP contribution in [0, 0.1) is 0 Å². The number of halogens is 5. The number of pyridine rings is 1. The van der Waals surface area contributed by atoms with Gasteiger partial charge in [-0.25, -0.2) is 18.2 Å². The van der Waals surface area contributed by atoms with Gasteiger partial charge < -0.3 is 15.7 Å². The highest BCUT2D eigenvalue weighted by Gasteiger charge is 2.42. The number of hydrogen-bond acceptors (Lipinski definition) is 7. The molecule has 1 aromatic heterocycles. The predicted octanol–water partition coefficient (Wildman–Crippen LogP) is 4.54. The van der Waals surface area contributed by atoms with Crippen molar-refractivity contribution in [2.45, 2.75) is 29.7 Å². The average molecular weight is 678 g/mol. The zero-order chi connectivity index (χ0) is 31.5. The molecule has 2 amide bonds. The number of sulfonamides is 1. The molecule has 1 aliphatic heterocycles. The van der Waals surface area contributed by atoms with Crippen molar-refractivity contribution in [3.05, 3.63) is 87.5 Å². The number of thioether (sulfide) groups is 1. The highest BCUT2D eigenvalue weighted by Crippen LogP contribution is 2.31. The van der Waals surface area contributed by atoms with Crippen molar-refractivity contribution in [2.24, 2.45) is 0 Å². The second-order valence-corrected chi connectivity index (χ2v) is 12.8. The van der Waals surface area contributed by atoms with Crippen LogP contribution in [0.15, 0.2) is 65.8 Å². The number of anilines is 1. The summed E-state index contributed by atoms with van der Waals surface area (Å²) in [5, 5.41) is 14.4. The number of carboxylic acids is 1. The Morgan fingerprint density at radius 2 is 1.72 bits per heavy atom. The molecule has 2 heterocycles. The van der Waals surface area contributed by atoms with Crippen LogP contribution in [0.2, 0.25) is 10.0 Å². The first-order chi connectivity index (χ1) is 20.2. The lowest BCUT2D eigenvalue weighted by Gasteiger charge is -2.24. The summed E-state index contributed by atoms with van der Waals surface area (Å²) < 4.78 is 65.5. The summed E-state index contributed by atoms with van der Waals surface area (Å²) in [7, 11) is -4.48. The zero-order valence-electron chi connectivity index (χ0n) is 21.6. The number of nitrogens with zero attached hydrogens (tertiary/aromatic N) is 2. The van der Waals surface area contributed by atoms with Crippen LogP contribution in [0.1, 0.15) is 21.5 Å².